The van der Waals surface area contributed by atoms with E-state index < -0.39 is 22.4 Å². The molecule has 0 aliphatic carbocycles. The normalized spacial score (nSPS) is 13.0. The molecule has 0 fully saturated rings. The molecule has 0 saturated heterocycles. The first kappa shape index (κ1) is 65.0. The van der Waals surface area contributed by atoms with Crippen molar-refractivity contribution < 1.29 is 69.3 Å². The van der Waals surface area contributed by atoms with E-state index in [0.29, 0.717) is 69.2 Å². The second-order valence-corrected chi connectivity index (χ2v) is 18.9. The van der Waals surface area contributed by atoms with E-state index in [9.17, 15) is 20.4 Å². The maximum absolute atomic E-state index is 9.94. The van der Waals surface area contributed by atoms with Crippen molar-refractivity contribution in [2.75, 3.05) is 49.7 Å². The van der Waals surface area contributed by atoms with Crippen molar-refractivity contribution in [1.82, 2.24) is 78.3 Å². The molecule has 8 rings (SSSR count). The van der Waals surface area contributed by atoms with Crippen LogP contribution in [0.2, 0.25) is 5.15 Å². The summed E-state index contributed by atoms with van der Waals surface area (Å²) in [6.07, 6.45) is 5.66. The van der Waals surface area contributed by atoms with Crippen LogP contribution in [-0.2, 0) is 0 Å². The first-order valence-corrected chi connectivity index (χ1v) is 23.0. The second-order valence-electron chi connectivity index (χ2n) is 18.5. The zero-order valence-corrected chi connectivity index (χ0v) is 47.6. The molecule has 0 spiro atoms. The zero-order chi connectivity index (χ0) is 54.6. The summed E-state index contributed by atoms with van der Waals surface area (Å²) in [6.45, 7) is 21.4. The minimum Gasteiger partial charge on any atom is -0.857 e. The summed E-state index contributed by atoms with van der Waals surface area (Å²) in [4.78, 5) is 32.5. The van der Waals surface area contributed by atoms with Gasteiger partial charge in [-0.25, -0.2) is 0 Å². The van der Waals surface area contributed by atoms with Gasteiger partial charge in [0.15, 0.2) is 0 Å². The maximum Gasteiger partial charge on any atom is 1.00 e. The number of nitrogens with one attached hydrogen (secondary N) is 4. The number of ether oxygens (including phenoxy) is 3. The van der Waals surface area contributed by atoms with Crippen molar-refractivity contribution in [2.45, 2.75) is 137 Å². The molecular weight excluding hydrogens is 1010 g/mol. The van der Waals surface area contributed by atoms with Gasteiger partial charge in [-0.05, 0) is 83.1 Å². The van der Waals surface area contributed by atoms with Gasteiger partial charge >= 0.3 is 29.6 Å². The number of rotatable bonds is 15. The molecule has 0 radical (unpaired) electrons. The number of aliphatic hydroxyl groups is 4. The number of aromatic nitrogens is 16. The molecule has 8 aromatic heterocycles. The van der Waals surface area contributed by atoms with E-state index in [1.165, 1.54) is 29.8 Å². The van der Waals surface area contributed by atoms with Crippen LogP contribution in [0.25, 0.3) is 23.1 Å². The van der Waals surface area contributed by atoms with Crippen molar-refractivity contribution in [3.8, 4) is 17.6 Å². The minimum atomic E-state index is -0.858. The van der Waals surface area contributed by atoms with Crippen molar-refractivity contribution >= 4 is 58.0 Å². The average molecular weight is 1080 g/mol. The van der Waals surface area contributed by atoms with E-state index >= 15 is 0 Å². The SMILES string of the molecule is C.CC(Nc1cc(Cl)nc2ncnn12)C(C)(C)O.COc1cc(NC(C)C(C)(C)O)n2ncnc2n1.COc1cc(N[C@@H](C)C(C)(C)O)n2ncnc2n1.COc1cc(N[C@H](C)C(C)(C)O)n2ncnc2n1.C[O-].[Na+]. The van der Waals surface area contributed by atoms with Crippen molar-refractivity contribution in [3.63, 3.8) is 0 Å². The van der Waals surface area contributed by atoms with Crippen LogP contribution in [0, 0.1) is 0 Å². The molecular formula is C45H72ClN20NaO8. The minimum absolute atomic E-state index is 0. The number of halogens is 1. The molecule has 8 N–H and O–H groups in total. The fraction of sp³-hybridized carbons (Fsp3) is 0.556. The van der Waals surface area contributed by atoms with E-state index in [2.05, 4.69) is 81.5 Å². The molecule has 0 aliphatic rings. The van der Waals surface area contributed by atoms with Crippen LogP contribution in [-0.4, -0.2) is 174 Å². The van der Waals surface area contributed by atoms with Gasteiger partial charge in [-0.15, -0.1) is 0 Å². The molecule has 8 aromatic rings. The Kier molecular flexibility index (Phi) is 23.9. The number of hydrogen-bond acceptors (Lipinski definition) is 24. The van der Waals surface area contributed by atoms with E-state index in [-0.39, 0.29) is 61.2 Å². The van der Waals surface area contributed by atoms with Crippen molar-refractivity contribution in [3.05, 3.63) is 54.7 Å². The van der Waals surface area contributed by atoms with Crippen molar-refractivity contribution in [1.29, 1.82) is 0 Å². The van der Waals surface area contributed by atoms with Crippen LogP contribution in [0.1, 0.15) is 90.5 Å². The molecule has 0 aromatic carbocycles. The van der Waals surface area contributed by atoms with Gasteiger partial charge in [0.1, 0.15) is 53.7 Å². The summed E-state index contributed by atoms with van der Waals surface area (Å²) >= 11 is 5.88. The molecule has 28 nitrogen and oxygen atoms in total. The van der Waals surface area contributed by atoms with Gasteiger partial charge in [0.2, 0.25) is 17.6 Å². The zero-order valence-electron chi connectivity index (χ0n) is 44.9. The largest absolute Gasteiger partial charge is 1.00 e. The van der Waals surface area contributed by atoms with Crippen LogP contribution in [0.4, 0.5) is 23.3 Å². The Morgan fingerprint density at radius 3 is 0.880 bits per heavy atom. The Labute approximate surface area is 462 Å². The molecule has 8 heterocycles. The third-order valence-electron chi connectivity index (χ3n) is 11.2. The maximum atomic E-state index is 9.94. The number of fused-ring (bicyclic) bond motifs is 4. The topological polar surface area (TPSA) is 352 Å². The Morgan fingerprint density at radius 2 is 0.667 bits per heavy atom. The summed E-state index contributed by atoms with van der Waals surface area (Å²) < 4.78 is 21.5. The van der Waals surface area contributed by atoms with Gasteiger partial charge in [-0.2, -0.15) is 85.4 Å². The van der Waals surface area contributed by atoms with Gasteiger partial charge in [-0.1, -0.05) is 19.0 Å². The Balaban J connectivity index is 0.000000335. The van der Waals surface area contributed by atoms with Crippen LogP contribution in [0.3, 0.4) is 0 Å². The summed E-state index contributed by atoms with van der Waals surface area (Å²) in [5.74, 6) is 5.74. The number of anilines is 4. The first-order chi connectivity index (χ1) is 34.1. The molecule has 0 bridgehead atoms. The third-order valence-corrected chi connectivity index (χ3v) is 11.4. The van der Waals surface area contributed by atoms with Crippen LogP contribution in [0.5, 0.6) is 17.6 Å². The van der Waals surface area contributed by atoms with Gasteiger partial charge in [0.05, 0.1) is 67.9 Å². The average Bonchev–Trinajstić information content (AvgIpc) is 4.17. The monoisotopic (exact) mass is 1080 g/mol. The van der Waals surface area contributed by atoms with Crippen LogP contribution in [0.15, 0.2) is 49.6 Å². The van der Waals surface area contributed by atoms with E-state index in [0.717, 1.165) is 7.11 Å². The standard InChI is InChI=1S/3C11H17N5O2.C10H14ClN5O.CH3O.CH4.Na/c3*1-7(11(2,3)17)14-8-5-9(18-4)15-10-12-6-13-16(8)10;1-6(10(2,3)17)14-8-4-7(11)15-9-12-5-13-16(8)9;1-2;;/h3*5-7,14,17H,1-4H3;4-6,14,17H,1-3H3;1H3;1H4;/q;;;;-1;;+1/t2*7-;;;;;/m10...../s1. The Morgan fingerprint density at radius 1 is 0.453 bits per heavy atom. The third kappa shape index (κ3) is 18.0. The quantitative estimate of drug-likeness (QED) is 0.0498. The summed E-state index contributed by atoms with van der Waals surface area (Å²) in [7, 11) is 5.37. The molecule has 75 heavy (non-hydrogen) atoms. The Bertz CT molecular complexity index is 2740. The summed E-state index contributed by atoms with van der Waals surface area (Å²) in [6, 6.07) is 6.10. The van der Waals surface area contributed by atoms with Gasteiger partial charge in [0, 0.05) is 24.3 Å². The molecule has 408 valence electrons. The molecule has 30 heteroatoms. The van der Waals surface area contributed by atoms with E-state index in [4.69, 9.17) is 30.9 Å². The van der Waals surface area contributed by atoms with Crippen LogP contribution < -0.4 is 70.1 Å². The number of methoxy groups -OCH3 is 3. The van der Waals surface area contributed by atoms with Crippen LogP contribution >= 0.6 is 11.6 Å². The van der Waals surface area contributed by atoms with Crippen molar-refractivity contribution in [2.24, 2.45) is 0 Å². The van der Waals surface area contributed by atoms with Gasteiger partial charge < -0.3 is 61.0 Å². The molecule has 4 atom stereocenters. The van der Waals surface area contributed by atoms with E-state index in [1.807, 2.05) is 27.7 Å². The Hall–Kier alpha value is -6.11. The molecule has 0 amide bonds. The van der Waals surface area contributed by atoms with Gasteiger partial charge in [0.25, 0.3) is 23.1 Å². The predicted molar refractivity (Wildman–Crippen MR) is 278 cm³/mol. The molecule has 0 aliphatic heterocycles. The number of nitrogens with zero attached hydrogens (tertiary/aromatic N) is 16. The second kappa shape index (κ2) is 27.6. The molecule has 2 unspecified atom stereocenters. The molecule has 0 saturated carbocycles. The van der Waals surface area contributed by atoms with Gasteiger partial charge in [-0.3, -0.25) is 0 Å². The first-order valence-electron chi connectivity index (χ1n) is 22.6. The predicted octanol–water partition coefficient (Wildman–Crippen LogP) is 0.0782. The summed E-state index contributed by atoms with van der Waals surface area (Å²) in [5, 5.41) is 77.2. The van der Waals surface area contributed by atoms with E-state index in [1.54, 1.807) is 115 Å². The fourth-order valence-electron chi connectivity index (χ4n) is 5.47. The number of hydrogen-bond donors (Lipinski definition) is 8. The fourth-order valence-corrected chi connectivity index (χ4v) is 5.65. The smallest absolute Gasteiger partial charge is 0.857 e. The summed E-state index contributed by atoms with van der Waals surface area (Å²) in [5.41, 5.74) is -3.43.